The Hall–Kier alpha value is -1.95. The fourth-order valence-corrected chi connectivity index (χ4v) is 1.73. The van der Waals surface area contributed by atoms with Gasteiger partial charge in [-0.25, -0.2) is 9.37 Å². The van der Waals surface area contributed by atoms with E-state index in [1.807, 2.05) is 0 Å². The molecule has 1 aromatic carbocycles. The highest BCUT2D eigenvalue weighted by molar-refractivity contribution is 7.19. The van der Waals surface area contributed by atoms with Crippen molar-refractivity contribution in [1.29, 1.82) is 0 Å². The SMILES string of the molecule is Nc1cnc(NC(=O)c2ccccc2F)s1. The van der Waals surface area contributed by atoms with Crippen molar-refractivity contribution in [3.8, 4) is 0 Å². The molecule has 0 bridgehead atoms. The van der Waals surface area contributed by atoms with E-state index in [2.05, 4.69) is 10.3 Å². The molecule has 0 saturated heterocycles. The van der Waals surface area contributed by atoms with Gasteiger partial charge in [-0.15, -0.1) is 0 Å². The van der Waals surface area contributed by atoms with Crippen LogP contribution < -0.4 is 11.1 Å². The van der Waals surface area contributed by atoms with Crippen molar-refractivity contribution in [2.75, 3.05) is 11.1 Å². The molecule has 2 rings (SSSR count). The molecular formula is C10H8FN3OS. The molecule has 6 heteroatoms. The van der Waals surface area contributed by atoms with Gasteiger partial charge in [-0.2, -0.15) is 0 Å². The van der Waals surface area contributed by atoms with Gasteiger partial charge < -0.3 is 5.73 Å². The lowest BCUT2D eigenvalue weighted by Crippen LogP contribution is -2.13. The van der Waals surface area contributed by atoms with Crippen molar-refractivity contribution in [2.45, 2.75) is 0 Å². The van der Waals surface area contributed by atoms with Crippen LogP contribution >= 0.6 is 11.3 Å². The molecule has 1 amide bonds. The fraction of sp³-hybridized carbons (Fsp3) is 0. The van der Waals surface area contributed by atoms with Crippen LogP contribution in [0.25, 0.3) is 0 Å². The first-order chi connectivity index (χ1) is 7.66. The van der Waals surface area contributed by atoms with E-state index in [4.69, 9.17) is 5.73 Å². The van der Waals surface area contributed by atoms with Gasteiger partial charge in [0.05, 0.1) is 11.8 Å². The van der Waals surface area contributed by atoms with Gasteiger partial charge in [0.15, 0.2) is 5.13 Å². The lowest BCUT2D eigenvalue weighted by Gasteiger charge is -2.01. The first-order valence-corrected chi connectivity index (χ1v) is 5.25. The summed E-state index contributed by atoms with van der Waals surface area (Å²) in [5.74, 6) is -1.10. The third kappa shape index (κ3) is 2.17. The van der Waals surface area contributed by atoms with Crippen LogP contribution in [-0.2, 0) is 0 Å². The number of carbonyl (C=O) groups excluding carboxylic acids is 1. The number of nitrogen functional groups attached to an aromatic ring is 1. The zero-order valence-electron chi connectivity index (χ0n) is 8.11. The molecule has 1 aromatic heterocycles. The Morgan fingerprint density at radius 2 is 2.19 bits per heavy atom. The highest BCUT2D eigenvalue weighted by atomic mass is 32.1. The maximum Gasteiger partial charge on any atom is 0.260 e. The minimum Gasteiger partial charge on any atom is -0.389 e. The maximum absolute atomic E-state index is 13.2. The average Bonchev–Trinajstić information content (AvgIpc) is 2.64. The molecule has 0 fully saturated rings. The topological polar surface area (TPSA) is 68.0 Å². The number of rotatable bonds is 2. The lowest BCUT2D eigenvalue weighted by atomic mass is 10.2. The smallest absolute Gasteiger partial charge is 0.260 e. The summed E-state index contributed by atoms with van der Waals surface area (Å²) in [5, 5.41) is 3.31. The van der Waals surface area contributed by atoms with Gasteiger partial charge in [0, 0.05) is 0 Å². The van der Waals surface area contributed by atoms with Gasteiger partial charge in [-0.3, -0.25) is 10.1 Å². The molecule has 0 spiro atoms. The number of benzene rings is 1. The maximum atomic E-state index is 13.2. The summed E-state index contributed by atoms with van der Waals surface area (Å²) in [6.45, 7) is 0. The number of nitrogens with one attached hydrogen (secondary N) is 1. The molecule has 0 radical (unpaired) electrons. The van der Waals surface area contributed by atoms with Gasteiger partial charge in [-0.1, -0.05) is 23.5 Å². The van der Waals surface area contributed by atoms with Crippen LogP contribution in [0.3, 0.4) is 0 Å². The third-order valence-corrected chi connectivity index (χ3v) is 2.60. The van der Waals surface area contributed by atoms with Gasteiger partial charge in [-0.05, 0) is 12.1 Å². The van der Waals surface area contributed by atoms with Crippen molar-refractivity contribution in [1.82, 2.24) is 4.98 Å². The van der Waals surface area contributed by atoms with Crippen LogP contribution in [-0.4, -0.2) is 10.9 Å². The quantitative estimate of drug-likeness (QED) is 0.840. The number of anilines is 2. The molecule has 3 N–H and O–H groups in total. The van der Waals surface area contributed by atoms with E-state index in [-0.39, 0.29) is 5.56 Å². The van der Waals surface area contributed by atoms with E-state index in [0.717, 1.165) is 11.3 Å². The minimum atomic E-state index is -0.565. The predicted molar refractivity (Wildman–Crippen MR) is 60.9 cm³/mol. The largest absolute Gasteiger partial charge is 0.389 e. The molecule has 2 aromatic rings. The van der Waals surface area contributed by atoms with E-state index in [1.54, 1.807) is 6.07 Å². The molecule has 0 aliphatic heterocycles. The number of hydrogen-bond donors (Lipinski definition) is 2. The van der Waals surface area contributed by atoms with Gasteiger partial charge in [0.1, 0.15) is 10.8 Å². The molecule has 0 unspecified atom stereocenters. The minimum absolute atomic E-state index is 0.0173. The summed E-state index contributed by atoms with van der Waals surface area (Å²) in [6, 6.07) is 5.74. The first-order valence-electron chi connectivity index (χ1n) is 4.44. The molecule has 4 nitrogen and oxygen atoms in total. The molecule has 0 saturated carbocycles. The summed E-state index contributed by atoms with van der Waals surface area (Å²) in [4.78, 5) is 15.5. The van der Waals surface area contributed by atoms with Crippen molar-refractivity contribution in [2.24, 2.45) is 0 Å². The normalized spacial score (nSPS) is 10.1. The Kier molecular flexibility index (Phi) is 2.82. The Morgan fingerprint density at radius 3 is 2.81 bits per heavy atom. The van der Waals surface area contributed by atoms with E-state index >= 15 is 0 Å². The molecule has 16 heavy (non-hydrogen) atoms. The van der Waals surface area contributed by atoms with Crippen LogP contribution in [0.1, 0.15) is 10.4 Å². The average molecular weight is 237 g/mol. The number of nitrogens with zero attached hydrogens (tertiary/aromatic N) is 1. The van der Waals surface area contributed by atoms with E-state index < -0.39 is 11.7 Å². The van der Waals surface area contributed by atoms with Crippen molar-refractivity contribution in [3.05, 3.63) is 41.8 Å². The summed E-state index contributed by atoms with van der Waals surface area (Å²) < 4.78 is 13.2. The molecule has 0 atom stereocenters. The molecule has 0 aliphatic rings. The molecule has 1 heterocycles. The Balaban J connectivity index is 2.18. The van der Waals surface area contributed by atoms with Crippen LogP contribution in [0.4, 0.5) is 14.5 Å². The van der Waals surface area contributed by atoms with Crippen LogP contribution in [0.5, 0.6) is 0 Å². The summed E-state index contributed by atoms with van der Waals surface area (Å²) in [7, 11) is 0. The number of thiazole rings is 1. The highest BCUT2D eigenvalue weighted by Crippen LogP contribution is 2.20. The highest BCUT2D eigenvalue weighted by Gasteiger charge is 2.12. The number of nitrogens with two attached hydrogens (primary N) is 1. The molecular weight excluding hydrogens is 229 g/mol. The lowest BCUT2D eigenvalue weighted by molar-refractivity contribution is 0.102. The second kappa shape index (κ2) is 4.28. The zero-order valence-corrected chi connectivity index (χ0v) is 8.92. The van der Waals surface area contributed by atoms with E-state index in [0.29, 0.717) is 10.1 Å². The standard InChI is InChI=1S/C10H8FN3OS/c11-7-4-2-1-3-6(7)9(15)14-10-13-5-8(12)16-10/h1-5H,12H2,(H,13,14,15). The third-order valence-electron chi connectivity index (χ3n) is 1.86. The molecule has 0 aliphatic carbocycles. The Bertz CT molecular complexity index is 526. The van der Waals surface area contributed by atoms with Gasteiger partial charge >= 0.3 is 0 Å². The Morgan fingerprint density at radius 1 is 1.44 bits per heavy atom. The second-order valence-corrected chi connectivity index (χ2v) is 4.06. The first kappa shape index (κ1) is 10.6. The summed E-state index contributed by atoms with van der Waals surface area (Å²) in [5.41, 5.74) is 5.44. The number of aromatic nitrogens is 1. The number of halogens is 1. The van der Waals surface area contributed by atoms with Crippen LogP contribution in [0.15, 0.2) is 30.5 Å². The van der Waals surface area contributed by atoms with Crippen molar-refractivity contribution >= 4 is 27.4 Å². The number of amides is 1. The van der Waals surface area contributed by atoms with Gasteiger partial charge in [0.25, 0.3) is 5.91 Å². The second-order valence-electron chi connectivity index (χ2n) is 3.00. The number of hydrogen-bond acceptors (Lipinski definition) is 4. The molecule has 82 valence electrons. The van der Waals surface area contributed by atoms with Crippen LogP contribution in [0, 0.1) is 5.82 Å². The monoisotopic (exact) mass is 237 g/mol. The van der Waals surface area contributed by atoms with Crippen molar-refractivity contribution in [3.63, 3.8) is 0 Å². The predicted octanol–water partition coefficient (Wildman–Crippen LogP) is 2.12. The Labute approximate surface area is 94.9 Å². The van der Waals surface area contributed by atoms with E-state index in [1.165, 1.54) is 24.4 Å². The fourth-order valence-electron chi connectivity index (χ4n) is 1.15. The van der Waals surface area contributed by atoms with E-state index in [9.17, 15) is 9.18 Å². The zero-order chi connectivity index (χ0) is 11.5. The summed E-state index contributed by atoms with van der Waals surface area (Å²) in [6.07, 6.45) is 1.43. The number of carbonyl (C=O) groups is 1. The van der Waals surface area contributed by atoms with Gasteiger partial charge in [0.2, 0.25) is 0 Å². The van der Waals surface area contributed by atoms with Crippen LogP contribution in [0.2, 0.25) is 0 Å². The summed E-state index contributed by atoms with van der Waals surface area (Å²) >= 11 is 1.13. The van der Waals surface area contributed by atoms with Crippen molar-refractivity contribution < 1.29 is 9.18 Å².